The van der Waals surface area contributed by atoms with Gasteiger partial charge in [-0.3, -0.25) is 14.5 Å². The number of amides is 1. The van der Waals surface area contributed by atoms with Crippen LogP contribution in [0.25, 0.3) is 0 Å². The smallest absolute Gasteiger partial charge is 0.255 e. The lowest BCUT2D eigenvalue weighted by atomic mass is 9.98. The maximum absolute atomic E-state index is 12.9. The maximum atomic E-state index is 12.9. The molecule has 1 amide bonds. The van der Waals surface area contributed by atoms with Crippen LogP contribution in [-0.2, 0) is 19.4 Å². The molecule has 0 saturated carbocycles. The Labute approximate surface area is 253 Å². The van der Waals surface area contributed by atoms with Crippen molar-refractivity contribution < 1.29 is 23.8 Å². The number of unbranched alkanes of at least 4 members (excludes halogenated alkanes) is 1. The van der Waals surface area contributed by atoms with Crippen molar-refractivity contribution in [3.8, 4) is 17.2 Å². The first kappa shape index (κ1) is 29.9. The first-order valence-corrected chi connectivity index (χ1v) is 14.6. The van der Waals surface area contributed by atoms with E-state index in [0.29, 0.717) is 22.4 Å². The van der Waals surface area contributed by atoms with Crippen LogP contribution in [0.4, 0.5) is 5.69 Å². The van der Waals surface area contributed by atoms with Crippen LogP contribution in [0.15, 0.2) is 84.9 Å². The van der Waals surface area contributed by atoms with Gasteiger partial charge in [0.1, 0.15) is 5.75 Å². The molecule has 43 heavy (non-hydrogen) atoms. The molecule has 1 aliphatic heterocycles. The zero-order chi connectivity index (χ0) is 30.2. The van der Waals surface area contributed by atoms with Crippen molar-refractivity contribution in [2.75, 3.05) is 39.7 Å². The summed E-state index contributed by atoms with van der Waals surface area (Å²) in [6.45, 7) is 3.04. The van der Waals surface area contributed by atoms with E-state index in [1.165, 1.54) is 16.7 Å². The van der Waals surface area contributed by atoms with Crippen LogP contribution in [0.5, 0.6) is 17.2 Å². The number of methoxy groups -OCH3 is 3. The largest absolute Gasteiger partial charge is 0.497 e. The summed E-state index contributed by atoms with van der Waals surface area (Å²) in [5.41, 5.74) is 6.05. The number of ketones is 1. The van der Waals surface area contributed by atoms with Crippen LogP contribution in [-0.4, -0.2) is 51.0 Å². The highest BCUT2D eigenvalue weighted by Gasteiger charge is 2.19. The van der Waals surface area contributed by atoms with Gasteiger partial charge in [-0.1, -0.05) is 24.3 Å². The highest BCUT2D eigenvalue weighted by atomic mass is 16.5. The third-order valence-electron chi connectivity index (χ3n) is 7.94. The lowest BCUT2D eigenvalue weighted by molar-refractivity contribution is 0.102. The van der Waals surface area contributed by atoms with E-state index in [9.17, 15) is 9.59 Å². The fourth-order valence-corrected chi connectivity index (χ4v) is 5.47. The summed E-state index contributed by atoms with van der Waals surface area (Å²) in [7, 11) is 4.94. The van der Waals surface area contributed by atoms with Gasteiger partial charge in [-0.15, -0.1) is 0 Å². The van der Waals surface area contributed by atoms with Crippen LogP contribution in [0.3, 0.4) is 0 Å². The van der Waals surface area contributed by atoms with Crippen LogP contribution >= 0.6 is 0 Å². The molecule has 0 aliphatic carbocycles. The summed E-state index contributed by atoms with van der Waals surface area (Å²) in [6, 6.07) is 25.9. The van der Waals surface area contributed by atoms with Crippen LogP contribution in [0.1, 0.15) is 55.8 Å². The first-order valence-electron chi connectivity index (χ1n) is 14.6. The fourth-order valence-electron chi connectivity index (χ4n) is 5.47. The number of nitrogens with zero attached hydrogens (tertiary/aromatic N) is 1. The molecule has 0 bridgehead atoms. The van der Waals surface area contributed by atoms with E-state index in [0.717, 1.165) is 62.5 Å². The van der Waals surface area contributed by atoms with E-state index < -0.39 is 0 Å². The zero-order valence-electron chi connectivity index (χ0n) is 25.0. The van der Waals surface area contributed by atoms with Crippen molar-refractivity contribution in [1.82, 2.24) is 4.90 Å². The molecule has 0 radical (unpaired) electrons. The standard InChI is InChI=1S/C36H38N2O5/c1-41-32-16-12-26(13-17-32)35(39)28-8-6-9-29(21-28)36(40)37-31-14-10-25(11-15-31)7-4-5-19-38-20-18-27-22-33(42-2)34(43-3)23-30(27)24-38/h6,8-17,21-23H,4-5,7,18-20,24H2,1-3H3,(H,37,40). The fraction of sp³-hybridized carbons (Fsp3) is 0.278. The van der Waals surface area contributed by atoms with Crippen LogP contribution < -0.4 is 19.5 Å². The first-order chi connectivity index (χ1) is 21.0. The van der Waals surface area contributed by atoms with Crippen molar-refractivity contribution in [2.45, 2.75) is 32.2 Å². The molecule has 0 atom stereocenters. The maximum Gasteiger partial charge on any atom is 0.255 e. The van der Waals surface area contributed by atoms with E-state index in [4.69, 9.17) is 14.2 Å². The number of nitrogens with one attached hydrogen (secondary N) is 1. The number of carbonyl (C=O) groups is 2. The Morgan fingerprint density at radius 3 is 2.14 bits per heavy atom. The predicted molar refractivity (Wildman–Crippen MR) is 169 cm³/mol. The summed E-state index contributed by atoms with van der Waals surface area (Å²) in [6.07, 6.45) is 4.22. The molecule has 4 aromatic rings. The number of fused-ring (bicyclic) bond motifs is 1. The van der Waals surface area contributed by atoms with E-state index >= 15 is 0 Å². The minimum atomic E-state index is -0.253. The summed E-state index contributed by atoms with van der Waals surface area (Å²) in [4.78, 5) is 28.4. The Balaban J connectivity index is 1.09. The van der Waals surface area contributed by atoms with E-state index in [1.54, 1.807) is 69.9 Å². The highest BCUT2D eigenvalue weighted by molar-refractivity contribution is 6.11. The van der Waals surface area contributed by atoms with Crippen molar-refractivity contribution >= 4 is 17.4 Å². The molecule has 0 aromatic heterocycles. The number of rotatable bonds is 12. The molecular formula is C36H38N2O5. The van der Waals surface area contributed by atoms with Gasteiger partial charge in [0.2, 0.25) is 0 Å². The summed E-state index contributed by atoms with van der Waals surface area (Å²) >= 11 is 0. The number of benzene rings is 4. The van der Waals surface area contributed by atoms with Crippen molar-refractivity contribution in [3.05, 3.63) is 118 Å². The van der Waals surface area contributed by atoms with Gasteiger partial charge in [0, 0.05) is 35.5 Å². The molecular weight excluding hydrogens is 540 g/mol. The minimum absolute atomic E-state index is 0.146. The van der Waals surface area contributed by atoms with Gasteiger partial charge in [0.05, 0.1) is 21.3 Å². The van der Waals surface area contributed by atoms with Crippen molar-refractivity contribution in [2.24, 2.45) is 0 Å². The quantitative estimate of drug-likeness (QED) is 0.151. The number of carbonyl (C=O) groups excluding carboxylic acids is 2. The molecule has 4 aromatic carbocycles. The van der Waals surface area contributed by atoms with Gasteiger partial charge in [-0.25, -0.2) is 0 Å². The monoisotopic (exact) mass is 578 g/mol. The van der Waals surface area contributed by atoms with Crippen LogP contribution in [0.2, 0.25) is 0 Å². The van der Waals surface area contributed by atoms with Gasteiger partial charge in [-0.2, -0.15) is 0 Å². The SMILES string of the molecule is COc1ccc(C(=O)c2cccc(C(=O)Nc3ccc(CCCCN4CCc5cc(OC)c(OC)cc5C4)cc3)c2)cc1. The minimum Gasteiger partial charge on any atom is -0.497 e. The number of ether oxygens (including phenoxy) is 3. The molecule has 0 saturated heterocycles. The Morgan fingerprint density at radius 1 is 0.744 bits per heavy atom. The number of anilines is 1. The highest BCUT2D eigenvalue weighted by Crippen LogP contribution is 2.33. The molecule has 0 spiro atoms. The molecule has 7 nitrogen and oxygen atoms in total. The molecule has 1 N–H and O–H groups in total. The Bertz CT molecular complexity index is 1560. The molecule has 222 valence electrons. The summed E-state index contributed by atoms with van der Waals surface area (Å²) in [5.74, 6) is 1.87. The lowest BCUT2D eigenvalue weighted by Crippen LogP contribution is -2.31. The second-order valence-electron chi connectivity index (χ2n) is 10.7. The van der Waals surface area contributed by atoms with Crippen molar-refractivity contribution in [3.63, 3.8) is 0 Å². The predicted octanol–water partition coefficient (Wildman–Crippen LogP) is 6.58. The molecule has 0 unspecified atom stereocenters. The zero-order valence-corrected chi connectivity index (χ0v) is 25.0. The Hall–Kier alpha value is -4.62. The van der Waals surface area contributed by atoms with Gasteiger partial charge < -0.3 is 19.5 Å². The van der Waals surface area contributed by atoms with Crippen LogP contribution in [0, 0.1) is 0 Å². The molecule has 0 fully saturated rings. The summed E-state index contributed by atoms with van der Waals surface area (Å²) < 4.78 is 16.1. The van der Waals surface area contributed by atoms with Gasteiger partial charge in [0.25, 0.3) is 5.91 Å². The number of hydrogen-bond donors (Lipinski definition) is 1. The molecule has 1 heterocycles. The lowest BCUT2D eigenvalue weighted by Gasteiger charge is -2.29. The second-order valence-corrected chi connectivity index (χ2v) is 10.7. The van der Waals surface area contributed by atoms with Gasteiger partial charge in [-0.05, 0) is 110 Å². The van der Waals surface area contributed by atoms with E-state index in [-0.39, 0.29) is 11.7 Å². The summed E-state index contributed by atoms with van der Waals surface area (Å²) in [5, 5.41) is 2.95. The van der Waals surface area contributed by atoms with Gasteiger partial charge in [0.15, 0.2) is 17.3 Å². The Kier molecular flexibility index (Phi) is 9.74. The molecule has 7 heteroatoms. The number of aryl methyl sites for hydroxylation is 1. The second kappa shape index (κ2) is 14.0. The average molecular weight is 579 g/mol. The van der Waals surface area contributed by atoms with Gasteiger partial charge >= 0.3 is 0 Å². The average Bonchev–Trinajstić information content (AvgIpc) is 3.06. The topological polar surface area (TPSA) is 77.1 Å². The normalized spacial score (nSPS) is 12.7. The third-order valence-corrected chi connectivity index (χ3v) is 7.94. The number of hydrogen-bond acceptors (Lipinski definition) is 6. The molecule has 1 aliphatic rings. The Morgan fingerprint density at radius 2 is 1.44 bits per heavy atom. The van der Waals surface area contributed by atoms with E-state index in [2.05, 4.69) is 34.5 Å². The molecule has 5 rings (SSSR count). The van der Waals surface area contributed by atoms with E-state index in [1.807, 2.05) is 12.1 Å². The third kappa shape index (κ3) is 7.43. The van der Waals surface area contributed by atoms with Crippen molar-refractivity contribution in [1.29, 1.82) is 0 Å².